The first-order valence-corrected chi connectivity index (χ1v) is 9.81. The van der Waals surface area contributed by atoms with Crippen LogP contribution >= 0.6 is 0 Å². The predicted molar refractivity (Wildman–Crippen MR) is 95.5 cm³/mol. The summed E-state index contributed by atoms with van der Waals surface area (Å²) in [5.41, 5.74) is 1.71. The van der Waals surface area contributed by atoms with Gasteiger partial charge in [-0.1, -0.05) is 69.9 Å². The summed E-state index contributed by atoms with van der Waals surface area (Å²) in [6, 6.07) is 9.42. The zero-order valence-corrected chi connectivity index (χ0v) is 15.0. The Kier molecular flexibility index (Phi) is 5.82. The Bertz CT molecular complexity index is 779. The van der Waals surface area contributed by atoms with Crippen molar-refractivity contribution in [3.05, 3.63) is 41.5 Å². The Morgan fingerprint density at radius 3 is 2.48 bits per heavy atom. The highest BCUT2D eigenvalue weighted by Crippen LogP contribution is 2.31. The van der Waals surface area contributed by atoms with E-state index >= 15 is 0 Å². The lowest BCUT2D eigenvalue weighted by atomic mass is 9.89. The Hall–Kier alpha value is -1.39. The van der Waals surface area contributed by atoms with Crippen molar-refractivity contribution in [3.8, 4) is 0 Å². The van der Waals surface area contributed by atoms with Crippen LogP contribution in [0, 0.1) is 12.8 Å². The van der Waals surface area contributed by atoms with E-state index in [1.807, 2.05) is 12.1 Å². The molecule has 1 unspecified atom stereocenters. The fourth-order valence-electron chi connectivity index (χ4n) is 3.27. The molecule has 3 nitrogen and oxygen atoms in total. The molecule has 0 radical (unpaired) electrons. The molecule has 0 saturated heterocycles. The molecule has 2 aromatic carbocycles. The number of hydrogen-bond donors (Lipinski definition) is 1. The van der Waals surface area contributed by atoms with Crippen LogP contribution in [0.3, 0.4) is 0 Å². The van der Waals surface area contributed by atoms with Crippen LogP contribution in [0.2, 0.25) is 0 Å². The first-order valence-electron chi connectivity index (χ1n) is 8.37. The van der Waals surface area contributed by atoms with E-state index in [0.717, 1.165) is 30.2 Å². The molecule has 4 heteroatoms. The van der Waals surface area contributed by atoms with Gasteiger partial charge in [0.15, 0.2) is 0 Å². The van der Waals surface area contributed by atoms with Crippen LogP contribution in [-0.4, -0.2) is 13.0 Å². The largest absolute Gasteiger partial charge is 0.295 e. The molecule has 0 fully saturated rings. The van der Waals surface area contributed by atoms with E-state index in [2.05, 4.69) is 19.9 Å². The summed E-state index contributed by atoms with van der Waals surface area (Å²) in [5.74, 6) is 0.545. The molecule has 0 aromatic heterocycles. The predicted octanol–water partition coefficient (Wildman–Crippen LogP) is 5.15. The van der Waals surface area contributed by atoms with Gasteiger partial charge in [-0.05, 0) is 35.8 Å². The molecule has 0 amide bonds. The minimum atomic E-state index is -4.24. The van der Waals surface area contributed by atoms with Gasteiger partial charge in [-0.2, -0.15) is 8.42 Å². The van der Waals surface area contributed by atoms with E-state index in [-0.39, 0.29) is 4.90 Å². The minimum Gasteiger partial charge on any atom is -0.282 e. The zero-order valence-electron chi connectivity index (χ0n) is 14.2. The zero-order chi connectivity index (χ0) is 17.0. The van der Waals surface area contributed by atoms with Gasteiger partial charge in [-0.3, -0.25) is 4.55 Å². The first-order chi connectivity index (χ1) is 10.9. The molecule has 1 N–H and O–H groups in total. The summed E-state index contributed by atoms with van der Waals surface area (Å²) in [4.78, 5) is 0.0657. The Morgan fingerprint density at radius 2 is 1.87 bits per heavy atom. The van der Waals surface area contributed by atoms with Crippen molar-refractivity contribution in [3.63, 3.8) is 0 Å². The SMILES string of the molecule is CCCCC(CC)Cc1cc2ccccc2c(S(=O)(=O)O)c1C. The summed E-state index contributed by atoms with van der Waals surface area (Å²) in [6.45, 7) is 6.17. The van der Waals surface area contributed by atoms with Crippen LogP contribution in [0.25, 0.3) is 10.8 Å². The highest BCUT2D eigenvalue weighted by atomic mass is 32.2. The highest BCUT2D eigenvalue weighted by molar-refractivity contribution is 7.86. The molecule has 0 aliphatic heterocycles. The van der Waals surface area contributed by atoms with E-state index in [9.17, 15) is 13.0 Å². The third-order valence-corrected chi connectivity index (χ3v) is 5.71. The van der Waals surface area contributed by atoms with Gasteiger partial charge in [0.25, 0.3) is 10.1 Å². The Morgan fingerprint density at radius 1 is 1.17 bits per heavy atom. The summed E-state index contributed by atoms with van der Waals surface area (Å²) < 4.78 is 33.5. The summed E-state index contributed by atoms with van der Waals surface area (Å²) in [6.07, 6.45) is 5.45. The van der Waals surface area contributed by atoms with Gasteiger partial charge < -0.3 is 0 Å². The van der Waals surface area contributed by atoms with Crippen molar-refractivity contribution >= 4 is 20.9 Å². The van der Waals surface area contributed by atoms with Crippen LogP contribution in [0.1, 0.15) is 50.7 Å². The average Bonchev–Trinajstić information content (AvgIpc) is 2.50. The first kappa shape index (κ1) is 18.0. The van der Waals surface area contributed by atoms with Crippen molar-refractivity contribution in [2.24, 2.45) is 5.92 Å². The molecule has 0 aliphatic carbocycles. The van der Waals surface area contributed by atoms with E-state index in [4.69, 9.17) is 0 Å². The number of rotatable bonds is 7. The Balaban J connectivity index is 2.55. The van der Waals surface area contributed by atoms with Crippen LogP contribution in [0.15, 0.2) is 35.2 Å². The van der Waals surface area contributed by atoms with Gasteiger partial charge in [-0.25, -0.2) is 0 Å². The lowest BCUT2D eigenvalue weighted by Gasteiger charge is -2.18. The van der Waals surface area contributed by atoms with Gasteiger partial charge in [0, 0.05) is 5.39 Å². The lowest BCUT2D eigenvalue weighted by molar-refractivity contribution is 0.447. The molecule has 23 heavy (non-hydrogen) atoms. The van der Waals surface area contributed by atoms with Crippen LogP contribution < -0.4 is 0 Å². The van der Waals surface area contributed by atoms with Crippen LogP contribution in [0.5, 0.6) is 0 Å². The summed E-state index contributed by atoms with van der Waals surface area (Å²) in [5, 5.41) is 1.46. The number of unbranched alkanes of at least 4 members (excludes halogenated alkanes) is 1. The van der Waals surface area contributed by atoms with E-state index < -0.39 is 10.1 Å². The molecule has 0 spiro atoms. The Labute approximate surface area is 139 Å². The molecular weight excluding hydrogens is 308 g/mol. The molecule has 0 bridgehead atoms. The van der Waals surface area contributed by atoms with E-state index in [1.54, 1.807) is 19.1 Å². The number of benzene rings is 2. The molecule has 2 rings (SSSR count). The quantitative estimate of drug-likeness (QED) is 0.712. The minimum absolute atomic E-state index is 0.0657. The molecule has 126 valence electrons. The summed E-state index contributed by atoms with van der Waals surface area (Å²) in [7, 11) is -4.24. The molecule has 0 saturated carbocycles. The highest BCUT2D eigenvalue weighted by Gasteiger charge is 2.21. The third-order valence-electron chi connectivity index (χ3n) is 4.67. The standard InChI is InChI=1S/C19H26O3S/c1-4-6-9-15(5-2)12-17-13-16-10-7-8-11-18(16)19(14(17)3)23(20,21)22/h7-8,10-11,13,15H,4-6,9,12H2,1-3H3,(H,20,21,22). The second kappa shape index (κ2) is 7.45. The van der Waals surface area contributed by atoms with Gasteiger partial charge in [-0.15, -0.1) is 0 Å². The van der Waals surface area contributed by atoms with Gasteiger partial charge in [0.1, 0.15) is 4.90 Å². The summed E-state index contributed by atoms with van der Waals surface area (Å²) >= 11 is 0. The van der Waals surface area contributed by atoms with Gasteiger partial charge in [0.05, 0.1) is 0 Å². The van der Waals surface area contributed by atoms with Gasteiger partial charge >= 0.3 is 0 Å². The van der Waals surface area contributed by atoms with E-state index in [0.29, 0.717) is 16.9 Å². The molecular formula is C19H26O3S. The van der Waals surface area contributed by atoms with Gasteiger partial charge in [0.2, 0.25) is 0 Å². The van der Waals surface area contributed by atoms with Crippen molar-refractivity contribution in [2.45, 2.75) is 57.8 Å². The molecule has 0 heterocycles. The van der Waals surface area contributed by atoms with Crippen molar-refractivity contribution in [1.29, 1.82) is 0 Å². The topological polar surface area (TPSA) is 54.4 Å². The molecule has 1 atom stereocenters. The maximum absolute atomic E-state index is 11.9. The fourth-order valence-corrected chi connectivity index (χ4v) is 4.25. The molecule has 2 aromatic rings. The van der Waals surface area contributed by atoms with Crippen molar-refractivity contribution < 1.29 is 13.0 Å². The smallest absolute Gasteiger partial charge is 0.282 e. The monoisotopic (exact) mass is 334 g/mol. The van der Waals surface area contributed by atoms with E-state index in [1.165, 1.54) is 12.8 Å². The second-order valence-corrected chi connectivity index (χ2v) is 7.67. The fraction of sp³-hybridized carbons (Fsp3) is 0.474. The second-order valence-electron chi connectivity index (χ2n) is 6.31. The maximum atomic E-state index is 11.9. The van der Waals surface area contributed by atoms with Crippen molar-refractivity contribution in [1.82, 2.24) is 0 Å². The number of fused-ring (bicyclic) bond motifs is 1. The molecule has 0 aliphatic rings. The van der Waals surface area contributed by atoms with Crippen LogP contribution in [0.4, 0.5) is 0 Å². The van der Waals surface area contributed by atoms with Crippen molar-refractivity contribution in [2.75, 3.05) is 0 Å². The third kappa shape index (κ3) is 4.12. The lowest BCUT2D eigenvalue weighted by Crippen LogP contribution is -2.09. The maximum Gasteiger partial charge on any atom is 0.295 e. The normalized spacial score (nSPS) is 13.4. The average molecular weight is 334 g/mol. The van der Waals surface area contributed by atoms with Crippen LogP contribution in [-0.2, 0) is 16.5 Å². The number of hydrogen-bond acceptors (Lipinski definition) is 2.